The van der Waals surface area contributed by atoms with Crippen molar-refractivity contribution in [2.45, 2.75) is 52.2 Å². The maximum atomic E-state index is 12.9. The number of carbonyl (C=O) groups is 1. The number of fused-ring (bicyclic) bond motifs is 1. The molecule has 0 bridgehead atoms. The van der Waals surface area contributed by atoms with E-state index in [9.17, 15) is 14.9 Å². The number of rotatable bonds is 4. The maximum Gasteiger partial charge on any atom is 0.271 e. The molecule has 1 atom stereocenters. The van der Waals surface area contributed by atoms with Gasteiger partial charge in [-0.2, -0.15) is 0 Å². The van der Waals surface area contributed by atoms with E-state index in [0.717, 1.165) is 5.56 Å². The first kappa shape index (κ1) is 18.9. The molecule has 0 saturated heterocycles. The minimum Gasteiger partial charge on any atom is -0.478 e. The first-order chi connectivity index (χ1) is 12.7. The van der Waals surface area contributed by atoms with Crippen LogP contribution in [-0.4, -0.2) is 16.9 Å². The summed E-state index contributed by atoms with van der Waals surface area (Å²) in [5.74, 6) is 0.323. The fourth-order valence-electron chi connectivity index (χ4n) is 3.14. The van der Waals surface area contributed by atoms with Crippen LogP contribution < -0.4 is 9.64 Å². The van der Waals surface area contributed by atoms with Crippen LogP contribution in [0.3, 0.4) is 0 Å². The van der Waals surface area contributed by atoms with Gasteiger partial charge in [0.2, 0.25) is 0 Å². The quantitative estimate of drug-likeness (QED) is 0.584. The molecule has 6 heteroatoms. The largest absolute Gasteiger partial charge is 0.478 e. The molecule has 1 unspecified atom stereocenters. The fourth-order valence-corrected chi connectivity index (χ4v) is 3.14. The molecule has 2 aromatic rings. The number of nitrogens with zero attached hydrogens (tertiary/aromatic N) is 2. The van der Waals surface area contributed by atoms with Crippen LogP contribution in [0.5, 0.6) is 5.75 Å². The second-order valence-corrected chi connectivity index (χ2v) is 7.80. The van der Waals surface area contributed by atoms with E-state index < -0.39 is 11.0 Å². The van der Waals surface area contributed by atoms with Gasteiger partial charge in [0.25, 0.3) is 11.6 Å². The van der Waals surface area contributed by atoms with Gasteiger partial charge in [-0.1, -0.05) is 52.0 Å². The zero-order chi connectivity index (χ0) is 19.8. The van der Waals surface area contributed by atoms with Crippen molar-refractivity contribution in [3.05, 3.63) is 63.7 Å². The van der Waals surface area contributed by atoms with Gasteiger partial charge in [0.1, 0.15) is 5.75 Å². The smallest absolute Gasteiger partial charge is 0.271 e. The van der Waals surface area contributed by atoms with E-state index in [4.69, 9.17) is 4.74 Å². The Morgan fingerprint density at radius 1 is 1.15 bits per heavy atom. The lowest BCUT2D eigenvalue weighted by Crippen LogP contribution is -2.45. The van der Waals surface area contributed by atoms with Gasteiger partial charge in [0.15, 0.2) is 6.10 Å². The van der Waals surface area contributed by atoms with Crippen molar-refractivity contribution < 1.29 is 14.5 Å². The molecule has 0 radical (unpaired) electrons. The van der Waals surface area contributed by atoms with Crippen LogP contribution in [-0.2, 0) is 16.8 Å². The summed E-state index contributed by atoms with van der Waals surface area (Å²) in [6, 6.07) is 12.5. The van der Waals surface area contributed by atoms with Gasteiger partial charge in [0.05, 0.1) is 17.2 Å². The lowest BCUT2D eigenvalue weighted by atomic mass is 9.86. The molecule has 2 aromatic carbocycles. The summed E-state index contributed by atoms with van der Waals surface area (Å²) in [4.78, 5) is 25.1. The van der Waals surface area contributed by atoms with Gasteiger partial charge in [-0.3, -0.25) is 14.9 Å². The number of hydrogen-bond acceptors (Lipinski definition) is 4. The van der Waals surface area contributed by atoms with Crippen LogP contribution in [0.4, 0.5) is 11.4 Å². The lowest BCUT2D eigenvalue weighted by Gasteiger charge is -2.34. The zero-order valence-corrected chi connectivity index (χ0v) is 16.1. The van der Waals surface area contributed by atoms with Gasteiger partial charge in [-0.05, 0) is 29.0 Å². The van der Waals surface area contributed by atoms with Crippen molar-refractivity contribution in [3.63, 3.8) is 0 Å². The molecular weight excluding hydrogens is 344 g/mol. The summed E-state index contributed by atoms with van der Waals surface area (Å²) in [7, 11) is 0. The molecule has 0 aromatic heterocycles. The summed E-state index contributed by atoms with van der Waals surface area (Å²) in [6.07, 6.45) is -0.0397. The molecule has 1 heterocycles. The fraction of sp³-hybridized carbons (Fsp3) is 0.381. The number of hydrogen-bond donors (Lipinski definition) is 0. The van der Waals surface area contributed by atoms with Crippen LogP contribution >= 0.6 is 0 Å². The summed E-state index contributed by atoms with van der Waals surface area (Å²) in [5.41, 5.74) is 2.60. The zero-order valence-electron chi connectivity index (χ0n) is 16.1. The molecule has 0 fully saturated rings. The third-order valence-electron chi connectivity index (χ3n) is 4.79. The summed E-state index contributed by atoms with van der Waals surface area (Å²) >= 11 is 0. The van der Waals surface area contributed by atoms with Crippen LogP contribution in [0.1, 0.15) is 45.2 Å². The van der Waals surface area contributed by atoms with Crippen molar-refractivity contribution >= 4 is 17.3 Å². The van der Waals surface area contributed by atoms with E-state index in [-0.39, 0.29) is 17.0 Å². The van der Waals surface area contributed by atoms with Crippen LogP contribution in [0.25, 0.3) is 0 Å². The topological polar surface area (TPSA) is 72.7 Å². The average Bonchev–Trinajstić information content (AvgIpc) is 2.63. The van der Waals surface area contributed by atoms with Gasteiger partial charge in [0, 0.05) is 12.1 Å². The Morgan fingerprint density at radius 2 is 1.81 bits per heavy atom. The van der Waals surface area contributed by atoms with E-state index in [0.29, 0.717) is 24.4 Å². The summed E-state index contributed by atoms with van der Waals surface area (Å²) < 4.78 is 5.75. The second kappa shape index (κ2) is 7.02. The van der Waals surface area contributed by atoms with E-state index in [2.05, 4.69) is 32.9 Å². The minimum absolute atomic E-state index is 0.0494. The number of nitro groups is 1. The number of anilines is 1. The average molecular weight is 368 g/mol. The number of nitro benzene ring substituents is 1. The molecule has 142 valence electrons. The molecule has 0 spiro atoms. The number of benzene rings is 2. The third-order valence-corrected chi connectivity index (χ3v) is 4.79. The highest BCUT2D eigenvalue weighted by atomic mass is 16.6. The molecule has 1 aliphatic rings. The lowest BCUT2D eigenvalue weighted by molar-refractivity contribution is -0.384. The van der Waals surface area contributed by atoms with Crippen molar-refractivity contribution in [3.8, 4) is 5.75 Å². The van der Waals surface area contributed by atoms with E-state index in [1.807, 2.05) is 19.1 Å². The first-order valence-corrected chi connectivity index (χ1v) is 9.06. The van der Waals surface area contributed by atoms with Gasteiger partial charge in [-0.15, -0.1) is 0 Å². The van der Waals surface area contributed by atoms with Crippen molar-refractivity contribution in [1.29, 1.82) is 0 Å². The second-order valence-electron chi connectivity index (χ2n) is 7.80. The van der Waals surface area contributed by atoms with Crippen molar-refractivity contribution in [1.82, 2.24) is 0 Å². The molecule has 0 saturated carbocycles. The van der Waals surface area contributed by atoms with Crippen molar-refractivity contribution in [2.75, 3.05) is 4.90 Å². The van der Waals surface area contributed by atoms with E-state index >= 15 is 0 Å². The highest BCUT2D eigenvalue weighted by Crippen LogP contribution is 2.38. The highest BCUT2D eigenvalue weighted by Gasteiger charge is 2.34. The Labute approximate surface area is 158 Å². The van der Waals surface area contributed by atoms with Crippen LogP contribution in [0.15, 0.2) is 42.5 Å². The highest BCUT2D eigenvalue weighted by molar-refractivity contribution is 6.00. The Morgan fingerprint density at radius 3 is 2.37 bits per heavy atom. The predicted octanol–water partition coefficient (Wildman–Crippen LogP) is 4.60. The molecule has 3 rings (SSSR count). The van der Waals surface area contributed by atoms with Crippen LogP contribution in [0, 0.1) is 10.1 Å². The Kier molecular flexibility index (Phi) is 4.91. The predicted molar refractivity (Wildman–Crippen MR) is 104 cm³/mol. The number of amides is 1. The normalized spacial score (nSPS) is 16.7. The Hall–Kier alpha value is -2.89. The standard InChI is InChI=1S/C21H24N2O4/c1-5-18-20(24)22(13-14-6-8-15(9-7-14)21(2,3)4)17-12-16(23(25)26)10-11-19(17)27-18/h6-12,18H,5,13H2,1-4H3. The third kappa shape index (κ3) is 3.79. The summed E-state index contributed by atoms with van der Waals surface area (Å²) in [6.45, 7) is 8.67. The van der Waals surface area contributed by atoms with Crippen LogP contribution in [0.2, 0.25) is 0 Å². The van der Waals surface area contributed by atoms with E-state index in [1.165, 1.54) is 17.7 Å². The van der Waals surface area contributed by atoms with Gasteiger partial charge < -0.3 is 9.64 Å². The molecule has 1 aliphatic heterocycles. The molecule has 27 heavy (non-hydrogen) atoms. The number of carbonyl (C=O) groups excluding carboxylic acids is 1. The monoisotopic (exact) mass is 368 g/mol. The van der Waals surface area contributed by atoms with Gasteiger partial charge in [-0.25, -0.2) is 0 Å². The molecule has 0 aliphatic carbocycles. The van der Waals surface area contributed by atoms with Crippen molar-refractivity contribution in [2.24, 2.45) is 0 Å². The van der Waals surface area contributed by atoms with Gasteiger partial charge >= 0.3 is 0 Å². The molecule has 0 N–H and O–H groups in total. The Bertz CT molecular complexity index is 869. The maximum absolute atomic E-state index is 12.9. The SMILES string of the molecule is CCC1Oc2ccc([N+](=O)[O-])cc2N(Cc2ccc(C(C)(C)C)cc2)C1=O. The number of non-ortho nitro benzene ring substituents is 1. The Balaban J connectivity index is 1.97. The molecule has 1 amide bonds. The summed E-state index contributed by atoms with van der Waals surface area (Å²) in [5, 5.41) is 11.1. The molecular formula is C21H24N2O4. The van der Waals surface area contributed by atoms with E-state index in [1.54, 1.807) is 11.0 Å². The number of ether oxygens (including phenoxy) is 1. The minimum atomic E-state index is -0.576. The first-order valence-electron chi connectivity index (χ1n) is 9.06. The molecule has 6 nitrogen and oxygen atoms in total.